The highest BCUT2D eigenvalue weighted by atomic mass is 16.6. The molecule has 0 fully saturated rings. The zero-order chi connectivity index (χ0) is 19.0. The van der Waals surface area contributed by atoms with E-state index in [-0.39, 0.29) is 5.69 Å². The third-order valence-electron chi connectivity index (χ3n) is 4.04. The second-order valence-electron chi connectivity index (χ2n) is 5.72. The minimum absolute atomic E-state index is 0.0508. The molecule has 8 nitrogen and oxygen atoms in total. The third kappa shape index (κ3) is 2.89. The number of carbonyl (C=O) groups is 2. The molecule has 0 saturated heterocycles. The van der Waals surface area contributed by atoms with Crippen molar-refractivity contribution < 1.29 is 18.9 Å². The molecule has 0 N–H and O–H groups in total. The molecule has 0 spiro atoms. The van der Waals surface area contributed by atoms with Gasteiger partial charge in [0.05, 0.1) is 22.3 Å². The summed E-state index contributed by atoms with van der Waals surface area (Å²) >= 11 is 0. The fraction of sp³-hybridized carbons (Fsp3) is 0. The highest BCUT2D eigenvalue weighted by molar-refractivity contribution is 6.21. The van der Waals surface area contributed by atoms with E-state index in [1.807, 2.05) is 0 Å². The quantitative estimate of drug-likeness (QED) is 0.306. The number of amides is 2. The Morgan fingerprint density at radius 1 is 0.963 bits per heavy atom. The lowest BCUT2D eigenvalue weighted by atomic mass is 10.1. The zero-order valence-corrected chi connectivity index (χ0v) is 13.7. The van der Waals surface area contributed by atoms with Crippen LogP contribution in [0.2, 0.25) is 0 Å². The lowest BCUT2D eigenvalue weighted by Gasteiger charge is -2.04. The van der Waals surface area contributed by atoms with Crippen LogP contribution in [0.25, 0.3) is 11.3 Å². The van der Waals surface area contributed by atoms with E-state index in [2.05, 4.69) is 5.10 Å². The van der Waals surface area contributed by atoms with Gasteiger partial charge >= 0.3 is 0 Å². The van der Waals surface area contributed by atoms with Crippen molar-refractivity contribution in [2.24, 2.45) is 5.10 Å². The normalized spacial score (nSPS) is 13.4. The number of nitrogens with zero attached hydrogens (tertiary/aromatic N) is 3. The summed E-state index contributed by atoms with van der Waals surface area (Å²) in [6.07, 6.45) is 1.25. The summed E-state index contributed by atoms with van der Waals surface area (Å²) < 4.78 is 5.59. The molecule has 1 aromatic heterocycles. The van der Waals surface area contributed by atoms with Crippen molar-refractivity contribution in [2.45, 2.75) is 0 Å². The van der Waals surface area contributed by atoms with Gasteiger partial charge in [-0.05, 0) is 24.3 Å². The lowest BCUT2D eigenvalue weighted by Crippen LogP contribution is -2.23. The van der Waals surface area contributed by atoms with Gasteiger partial charge in [-0.1, -0.05) is 24.3 Å². The number of carbonyl (C=O) groups excluding carboxylic acids is 2. The molecule has 4 rings (SSSR count). The van der Waals surface area contributed by atoms with Crippen molar-refractivity contribution in [3.8, 4) is 11.3 Å². The summed E-state index contributed by atoms with van der Waals surface area (Å²) in [7, 11) is 0. The summed E-state index contributed by atoms with van der Waals surface area (Å²) in [6.45, 7) is 0. The molecule has 2 amide bonds. The molecule has 0 aliphatic carbocycles. The number of rotatable bonds is 4. The Balaban J connectivity index is 1.57. The van der Waals surface area contributed by atoms with Crippen LogP contribution in [0.1, 0.15) is 26.5 Å². The van der Waals surface area contributed by atoms with Crippen LogP contribution in [-0.4, -0.2) is 28.0 Å². The first-order chi connectivity index (χ1) is 13.0. The smallest absolute Gasteiger partial charge is 0.282 e. The topological polar surface area (TPSA) is 106 Å². The van der Waals surface area contributed by atoms with Gasteiger partial charge in [0.25, 0.3) is 17.5 Å². The fourth-order valence-corrected chi connectivity index (χ4v) is 2.75. The van der Waals surface area contributed by atoms with Crippen LogP contribution in [0.15, 0.2) is 70.2 Å². The summed E-state index contributed by atoms with van der Waals surface area (Å²) in [5.74, 6) is -0.301. The largest absolute Gasteiger partial charge is 0.455 e. The Morgan fingerprint density at radius 3 is 2.33 bits per heavy atom. The molecule has 132 valence electrons. The Morgan fingerprint density at radius 2 is 1.67 bits per heavy atom. The van der Waals surface area contributed by atoms with Gasteiger partial charge in [0.1, 0.15) is 11.5 Å². The Labute approximate surface area is 152 Å². The fourth-order valence-electron chi connectivity index (χ4n) is 2.75. The van der Waals surface area contributed by atoms with Gasteiger partial charge in [-0.15, -0.1) is 0 Å². The summed E-state index contributed by atoms with van der Waals surface area (Å²) in [5, 5.41) is 15.6. The van der Waals surface area contributed by atoms with E-state index in [1.165, 1.54) is 18.3 Å². The van der Waals surface area contributed by atoms with Crippen LogP contribution in [0.3, 0.4) is 0 Å². The van der Waals surface area contributed by atoms with E-state index in [0.29, 0.717) is 28.2 Å². The molecule has 0 bridgehead atoms. The zero-order valence-electron chi connectivity index (χ0n) is 13.7. The summed E-state index contributed by atoms with van der Waals surface area (Å²) in [5.41, 5.74) is 1.09. The maximum Gasteiger partial charge on any atom is 0.282 e. The molecule has 2 heterocycles. The number of hydrazone groups is 1. The highest BCUT2D eigenvalue weighted by Crippen LogP contribution is 2.26. The van der Waals surface area contributed by atoms with Crippen LogP contribution in [0.5, 0.6) is 0 Å². The van der Waals surface area contributed by atoms with E-state index in [9.17, 15) is 19.7 Å². The van der Waals surface area contributed by atoms with Crippen LogP contribution < -0.4 is 0 Å². The molecule has 3 aromatic rings. The molecule has 2 aromatic carbocycles. The van der Waals surface area contributed by atoms with Gasteiger partial charge in [0.2, 0.25) is 0 Å². The van der Waals surface area contributed by atoms with Crippen molar-refractivity contribution >= 4 is 23.7 Å². The maximum absolute atomic E-state index is 12.3. The first-order valence-corrected chi connectivity index (χ1v) is 7.91. The summed E-state index contributed by atoms with van der Waals surface area (Å²) in [6, 6.07) is 15.7. The number of fused-ring (bicyclic) bond motifs is 1. The summed E-state index contributed by atoms with van der Waals surface area (Å²) in [4.78, 5) is 34.9. The monoisotopic (exact) mass is 361 g/mol. The van der Waals surface area contributed by atoms with Crippen LogP contribution in [0.4, 0.5) is 5.69 Å². The highest BCUT2D eigenvalue weighted by Gasteiger charge is 2.35. The predicted molar refractivity (Wildman–Crippen MR) is 95.3 cm³/mol. The molecule has 0 atom stereocenters. The Hall–Kier alpha value is -4.07. The molecule has 8 heteroatoms. The van der Waals surface area contributed by atoms with Crippen LogP contribution >= 0.6 is 0 Å². The first-order valence-electron chi connectivity index (χ1n) is 7.91. The van der Waals surface area contributed by atoms with Crippen molar-refractivity contribution in [1.29, 1.82) is 0 Å². The number of nitro benzene ring substituents is 1. The number of furan rings is 1. The average molecular weight is 361 g/mol. The van der Waals surface area contributed by atoms with Crippen molar-refractivity contribution in [3.63, 3.8) is 0 Å². The van der Waals surface area contributed by atoms with Crippen molar-refractivity contribution in [2.75, 3.05) is 0 Å². The van der Waals surface area contributed by atoms with Crippen LogP contribution in [0, 0.1) is 10.1 Å². The van der Waals surface area contributed by atoms with E-state index < -0.39 is 16.7 Å². The molecule has 27 heavy (non-hydrogen) atoms. The number of non-ortho nitro benzene ring substituents is 1. The number of hydrogen-bond donors (Lipinski definition) is 0. The lowest BCUT2D eigenvalue weighted by molar-refractivity contribution is -0.384. The molecule has 1 aliphatic heterocycles. The second kappa shape index (κ2) is 6.34. The molecular weight excluding hydrogens is 350 g/mol. The molecule has 0 unspecified atom stereocenters. The predicted octanol–water partition coefficient (Wildman–Crippen LogP) is 3.48. The van der Waals surface area contributed by atoms with Gasteiger partial charge in [0.15, 0.2) is 0 Å². The van der Waals surface area contributed by atoms with Gasteiger partial charge < -0.3 is 4.42 Å². The maximum atomic E-state index is 12.3. The second-order valence-corrected chi connectivity index (χ2v) is 5.72. The third-order valence-corrected chi connectivity index (χ3v) is 4.04. The minimum Gasteiger partial charge on any atom is -0.455 e. The van der Waals surface area contributed by atoms with E-state index in [4.69, 9.17) is 4.42 Å². The van der Waals surface area contributed by atoms with Crippen molar-refractivity contribution in [3.05, 3.63) is 87.7 Å². The average Bonchev–Trinajstić information content (AvgIpc) is 3.25. The van der Waals surface area contributed by atoms with Gasteiger partial charge in [-0.3, -0.25) is 19.7 Å². The van der Waals surface area contributed by atoms with Crippen molar-refractivity contribution in [1.82, 2.24) is 5.01 Å². The molecule has 1 aliphatic rings. The molecular formula is C19H11N3O5. The number of nitro groups is 1. The Bertz CT molecular complexity index is 1080. The van der Waals surface area contributed by atoms with Gasteiger partial charge in [-0.25, -0.2) is 0 Å². The van der Waals surface area contributed by atoms with Crippen LogP contribution in [-0.2, 0) is 0 Å². The standard InChI is InChI=1S/C19H11N3O5/c23-18-15-6-1-2-7-16(15)19(24)21(18)20-11-14-8-9-17(27-14)12-4-3-5-13(10-12)22(25)26/h1-11H/b20-11-. The van der Waals surface area contributed by atoms with E-state index >= 15 is 0 Å². The number of hydrogen-bond acceptors (Lipinski definition) is 6. The van der Waals surface area contributed by atoms with Gasteiger partial charge in [0, 0.05) is 17.7 Å². The Kier molecular flexibility index (Phi) is 3.85. The molecule has 0 radical (unpaired) electrons. The van der Waals surface area contributed by atoms with E-state index in [0.717, 1.165) is 5.01 Å². The number of imide groups is 1. The number of benzene rings is 2. The SMILES string of the molecule is O=C1c2ccccc2C(=O)N1/N=C\c1ccc(-c2cccc([N+](=O)[O-])c2)o1. The first kappa shape index (κ1) is 16.4. The van der Waals surface area contributed by atoms with Gasteiger partial charge in [-0.2, -0.15) is 10.1 Å². The molecule has 0 saturated carbocycles. The van der Waals surface area contributed by atoms with E-state index in [1.54, 1.807) is 48.5 Å². The minimum atomic E-state index is -0.502.